The van der Waals surface area contributed by atoms with Crippen molar-refractivity contribution in [2.24, 2.45) is 5.92 Å². The summed E-state index contributed by atoms with van der Waals surface area (Å²) in [6.07, 6.45) is -3.35. The number of hydrogen-bond acceptors (Lipinski definition) is 7. The van der Waals surface area contributed by atoms with Crippen LogP contribution in [0, 0.1) is 19.8 Å². The number of β-amino-alcohol motifs (C(OH)–C–C–N with tert-alkyl or cyclic N) is 1. The van der Waals surface area contributed by atoms with E-state index in [1.165, 1.54) is 0 Å². The smallest absolute Gasteiger partial charge is 0.246 e. The summed E-state index contributed by atoms with van der Waals surface area (Å²) in [7, 11) is 0. The highest BCUT2D eigenvalue weighted by atomic mass is 32.1. The zero-order valence-corrected chi connectivity index (χ0v) is 21.8. The highest BCUT2D eigenvalue weighted by Gasteiger charge is 2.50. The lowest BCUT2D eigenvalue weighted by molar-refractivity contribution is -0.142. The third-order valence-corrected chi connectivity index (χ3v) is 7.58. The Labute approximate surface area is 213 Å². The van der Waals surface area contributed by atoms with E-state index in [9.17, 15) is 14.7 Å². The Balaban J connectivity index is 1.51. The maximum Gasteiger partial charge on any atom is 0.246 e. The molecular weight excluding hydrogens is 483 g/mol. The summed E-state index contributed by atoms with van der Waals surface area (Å²) in [6.45, 7) is 8.90. The number of aromatic nitrogens is 2. The molecule has 1 aliphatic heterocycles. The standard InChI is InChI=1S/C26H31FN4O4S/c1-13(2)21(20-10-14(3)30-35-20)26(34)31-11-19(32)22(27)23(31)25(33)29-15(4)17-6-8-18(9-7-17)24-16(5)28-12-36-24/h6-10,12-13,15,19,21-23,32H,11H2,1-5H3,(H,29,33)/t15-,19-,21?,22-,23?/m0/s1. The fourth-order valence-corrected chi connectivity index (χ4v) is 5.45. The molecule has 0 bridgehead atoms. The number of aliphatic hydroxyl groups is 1. The zero-order valence-electron chi connectivity index (χ0n) is 20.9. The molecule has 10 heteroatoms. The molecule has 1 fully saturated rings. The predicted octanol–water partition coefficient (Wildman–Crippen LogP) is 3.94. The molecule has 8 nitrogen and oxygen atoms in total. The van der Waals surface area contributed by atoms with Crippen LogP contribution in [-0.2, 0) is 9.59 Å². The summed E-state index contributed by atoms with van der Waals surface area (Å²) >= 11 is 1.56. The number of amides is 2. The number of carbonyl (C=O) groups is 2. The van der Waals surface area contributed by atoms with E-state index in [0.29, 0.717) is 11.5 Å². The predicted molar refractivity (Wildman–Crippen MR) is 134 cm³/mol. The molecule has 2 amide bonds. The number of carbonyl (C=O) groups excluding carboxylic acids is 2. The van der Waals surface area contributed by atoms with Gasteiger partial charge >= 0.3 is 0 Å². The maximum absolute atomic E-state index is 15.1. The Morgan fingerprint density at radius 2 is 1.92 bits per heavy atom. The van der Waals surface area contributed by atoms with E-state index in [0.717, 1.165) is 26.6 Å². The summed E-state index contributed by atoms with van der Waals surface area (Å²) in [6, 6.07) is 7.50. The van der Waals surface area contributed by atoms with Gasteiger partial charge in [-0.05, 0) is 37.8 Å². The lowest BCUT2D eigenvalue weighted by Gasteiger charge is -2.29. The molecule has 2 aromatic heterocycles. The minimum Gasteiger partial charge on any atom is -0.388 e. The summed E-state index contributed by atoms with van der Waals surface area (Å²) in [5, 5.41) is 16.9. The van der Waals surface area contributed by atoms with Gasteiger partial charge in [0, 0.05) is 6.07 Å². The summed E-state index contributed by atoms with van der Waals surface area (Å²) < 4.78 is 20.4. The third-order valence-electron chi connectivity index (χ3n) is 6.60. The van der Waals surface area contributed by atoms with Crippen molar-refractivity contribution in [3.8, 4) is 10.4 Å². The quantitative estimate of drug-likeness (QED) is 0.494. The first-order valence-electron chi connectivity index (χ1n) is 11.9. The van der Waals surface area contributed by atoms with Gasteiger partial charge in [0.1, 0.15) is 23.8 Å². The lowest BCUT2D eigenvalue weighted by Crippen LogP contribution is -2.51. The van der Waals surface area contributed by atoms with Gasteiger partial charge in [-0.15, -0.1) is 11.3 Å². The lowest BCUT2D eigenvalue weighted by atomic mass is 9.91. The van der Waals surface area contributed by atoms with Crippen LogP contribution in [-0.4, -0.2) is 56.8 Å². The van der Waals surface area contributed by atoms with Crippen molar-refractivity contribution in [2.45, 2.75) is 64.9 Å². The van der Waals surface area contributed by atoms with Crippen molar-refractivity contribution in [3.63, 3.8) is 0 Å². The molecule has 0 spiro atoms. The fraction of sp³-hybridized carbons (Fsp3) is 0.462. The molecule has 2 unspecified atom stereocenters. The average Bonchev–Trinajstić information content (AvgIpc) is 3.53. The summed E-state index contributed by atoms with van der Waals surface area (Å²) in [4.78, 5) is 33.2. The number of thiazole rings is 1. The van der Waals surface area contributed by atoms with Gasteiger partial charge in [0.25, 0.3) is 0 Å². The first kappa shape index (κ1) is 26.0. The fourth-order valence-electron chi connectivity index (χ4n) is 4.64. The van der Waals surface area contributed by atoms with Gasteiger partial charge in [0.05, 0.1) is 34.4 Å². The molecule has 0 radical (unpaired) electrons. The van der Waals surface area contributed by atoms with E-state index >= 15 is 4.39 Å². The number of hydrogen-bond donors (Lipinski definition) is 2. The van der Waals surface area contributed by atoms with E-state index in [2.05, 4.69) is 15.5 Å². The first-order valence-corrected chi connectivity index (χ1v) is 12.8. The second-order valence-electron chi connectivity index (χ2n) is 9.66. The van der Waals surface area contributed by atoms with Crippen molar-refractivity contribution in [2.75, 3.05) is 6.54 Å². The summed E-state index contributed by atoms with van der Waals surface area (Å²) in [5.41, 5.74) is 5.23. The Kier molecular flexibility index (Phi) is 7.56. The first-order chi connectivity index (χ1) is 17.1. The van der Waals surface area contributed by atoms with Crippen molar-refractivity contribution < 1.29 is 23.6 Å². The van der Waals surface area contributed by atoms with Crippen molar-refractivity contribution in [3.05, 3.63) is 58.6 Å². The number of rotatable bonds is 7. The zero-order chi connectivity index (χ0) is 26.1. The molecule has 1 aliphatic rings. The molecular formula is C26H31FN4O4S. The third kappa shape index (κ3) is 5.05. The molecule has 4 rings (SSSR count). The Bertz CT molecular complexity index is 1220. The van der Waals surface area contributed by atoms with E-state index in [4.69, 9.17) is 4.52 Å². The van der Waals surface area contributed by atoms with Crippen LogP contribution in [0.15, 0.2) is 40.4 Å². The molecule has 2 N–H and O–H groups in total. The van der Waals surface area contributed by atoms with Gasteiger partial charge in [0.15, 0.2) is 6.17 Å². The number of alkyl halides is 1. The van der Waals surface area contributed by atoms with Gasteiger partial charge in [-0.3, -0.25) is 9.59 Å². The molecule has 0 aliphatic carbocycles. The Morgan fingerprint density at radius 3 is 2.47 bits per heavy atom. The van der Waals surface area contributed by atoms with Gasteiger partial charge in [0.2, 0.25) is 11.8 Å². The van der Waals surface area contributed by atoms with Crippen molar-refractivity contribution in [1.29, 1.82) is 0 Å². The number of aryl methyl sites for hydroxylation is 2. The number of nitrogens with one attached hydrogen (secondary N) is 1. The summed E-state index contributed by atoms with van der Waals surface area (Å²) in [5.74, 6) is -1.72. The Hall–Kier alpha value is -3.11. The van der Waals surface area contributed by atoms with Crippen molar-refractivity contribution in [1.82, 2.24) is 20.4 Å². The van der Waals surface area contributed by atoms with E-state index in [1.54, 1.807) is 36.8 Å². The molecule has 3 heterocycles. The number of likely N-dealkylation sites (tertiary alicyclic amines) is 1. The van der Waals surface area contributed by atoms with Crippen LogP contribution >= 0.6 is 11.3 Å². The largest absolute Gasteiger partial charge is 0.388 e. The second kappa shape index (κ2) is 10.5. The molecule has 5 atom stereocenters. The van der Waals surface area contributed by atoms with Crippen LogP contribution in [0.4, 0.5) is 4.39 Å². The van der Waals surface area contributed by atoms with Gasteiger partial charge in [-0.2, -0.15) is 0 Å². The van der Waals surface area contributed by atoms with Crippen LogP contribution in [0.25, 0.3) is 10.4 Å². The van der Waals surface area contributed by atoms with Gasteiger partial charge in [-0.1, -0.05) is 43.3 Å². The highest BCUT2D eigenvalue weighted by molar-refractivity contribution is 7.13. The topological polar surface area (TPSA) is 109 Å². The normalized spacial score (nSPS) is 21.6. The van der Waals surface area contributed by atoms with Gasteiger partial charge < -0.3 is 19.8 Å². The number of nitrogens with zero attached hydrogens (tertiary/aromatic N) is 3. The SMILES string of the molecule is Cc1cc(C(C(=O)N2C[C@H](O)[C@H](F)C2C(=O)N[C@@H](C)c2ccc(-c3scnc3C)cc2)C(C)C)on1. The van der Waals surface area contributed by atoms with Crippen molar-refractivity contribution >= 4 is 23.2 Å². The van der Waals surface area contributed by atoms with Crippen LogP contribution in [0.5, 0.6) is 0 Å². The highest BCUT2D eigenvalue weighted by Crippen LogP contribution is 2.33. The molecule has 3 aromatic rings. The minimum atomic E-state index is -1.90. The minimum absolute atomic E-state index is 0.191. The molecule has 1 saturated heterocycles. The molecule has 36 heavy (non-hydrogen) atoms. The number of benzene rings is 1. The molecule has 0 saturated carbocycles. The Morgan fingerprint density at radius 1 is 1.22 bits per heavy atom. The van der Waals surface area contributed by atoms with Gasteiger partial charge in [-0.25, -0.2) is 9.37 Å². The molecule has 1 aromatic carbocycles. The molecule has 192 valence electrons. The van der Waals surface area contributed by atoms with E-state index < -0.39 is 42.1 Å². The van der Waals surface area contributed by atoms with Crippen LogP contribution < -0.4 is 5.32 Å². The van der Waals surface area contributed by atoms with Crippen LogP contribution in [0.3, 0.4) is 0 Å². The van der Waals surface area contributed by atoms with Crippen LogP contribution in [0.2, 0.25) is 0 Å². The average molecular weight is 515 g/mol. The van der Waals surface area contributed by atoms with E-state index in [1.807, 2.05) is 45.0 Å². The van der Waals surface area contributed by atoms with Crippen LogP contribution in [0.1, 0.15) is 55.4 Å². The monoisotopic (exact) mass is 514 g/mol. The maximum atomic E-state index is 15.1. The van der Waals surface area contributed by atoms with E-state index in [-0.39, 0.29) is 12.5 Å². The number of aliphatic hydroxyl groups excluding tert-OH is 1. The second-order valence-corrected chi connectivity index (χ2v) is 10.5. The number of halogens is 1.